The standard InChI is InChI=1S/C17H23ClN2O.ClH/c18-14-6-1-3-11(7-14)8-16(21)20-17-12-4-2-5-13(17)10-15(19)9-12;/h1,3,6-7,12-13,15,17H,2,4-5,8-10,19H2,(H,20,21);1H. The molecular formula is C17H24Cl2N2O. The maximum absolute atomic E-state index is 12.3. The lowest BCUT2D eigenvalue weighted by molar-refractivity contribution is -0.122. The summed E-state index contributed by atoms with van der Waals surface area (Å²) in [6.45, 7) is 0. The van der Waals surface area contributed by atoms with Gasteiger partial charge in [0.25, 0.3) is 0 Å². The van der Waals surface area contributed by atoms with E-state index in [9.17, 15) is 4.79 Å². The Kier molecular flexibility index (Phi) is 6.13. The molecule has 3 rings (SSSR count). The van der Waals surface area contributed by atoms with Gasteiger partial charge >= 0.3 is 0 Å². The molecule has 2 bridgehead atoms. The summed E-state index contributed by atoms with van der Waals surface area (Å²) < 4.78 is 0. The first-order valence-corrected chi connectivity index (χ1v) is 8.29. The minimum absolute atomic E-state index is 0. The SMILES string of the molecule is Cl.NC1CC2CCCC(C1)C2NC(=O)Cc1cccc(Cl)c1. The van der Waals surface area contributed by atoms with Crippen LogP contribution in [0.25, 0.3) is 0 Å². The van der Waals surface area contributed by atoms with Gasteiger partial charge in [-0.1, -0.05) is 30.2 Å². The molecule has 0 saturated heterocycles. The maximum atomic E-state index is 12.3. The number of halogens is 2. The van der Waals surface area contributed by atoms with Crippen LogP contribution in [0.1, 0.15) is 37.7 Å². The van der Waals surface area contributed by atoms with Crippen molar-refractivity contribution in [1.29, 1.82) is 0 Å². The van der Waals surface area contributed by atoms with E-state index in [0.717, 1.165) is 18.4 Å². The van der Waals surface area contributed by atoms with Crippen molar-refractivity contribution < 1.29 is 4.79 Å². The minimum Gasteiger partial charge on any atom is -0.353 e. The molecule has 0 aliphatic heterocycles. The molecule has 3 nitrogen and oxygen atoms in total. The molecule has 0 heterocycles. The number of carbonyl (C=O) groups excluding carboxylic acids is 1. The molecular weight excluding hydrogens is 319 g/mol. The Labute approximate surface area is 143 Å². The van der Waals surface area contributed by atoms with Crippen LogP contribution in [0.15, 0.2) is 24.3 Å². The predicted molar refractivity (Wildman–Crippen MR) is 92.4 cm³/mol. The van der Waals surface area contributed by atoms with E-state index in [-0.39, 0.29) is 18.3 Å². The molecule has 2 aliphatic rings. The maximum Gasteiger partial charge on any atom is 0.224 e. The van der Waals surface area contributed by atoms with E-state index in [1.54, 1.807) is 0 Å². The van der Waals surface area contributed by atoms with Gasteiger partial charge in [-0.05, 0) is 55.2 Å². The van der Waals surface area contributed by atoms with Crippen molar-refractivity contribution in [3.8, 4) is 0 Å². The van der Waals surface area contributed by atoms with Crippen LogP contribution in [0.4, 0.5) is 0 Å². The Morgan fingerprint density at radius 3 is 2.59 bits per heavy atom. The lowest BCUT2D eigenvalue weighted by Crippen LogP contribution is -2.54. The molecule has 2 aliphatic carbocycles. The topological polar surface area (TPSA) is 55.1 Å². The monoisotopic (exact) mass is 342 g/mol. The first kappa shape index (κ1) is 17.6. The third-order valence-corrected chi connectivity index (χ3v) is 5.19. The van der Waals surface area contributed by atoms with Gasteiger partial charge < -0.3 is 11.1 Å². The number of nitrogens with one attached hydrogen (secondary N) is 1. The Hall–Kier alpha value is -0.770. The second-order valence-electron chi connectivity index (χ2n) is 6.58. The number of nitrogens with two attached hydrogens (primary N) is 1. The van der Waals surface area contributed by atoms with E-state index in [0.29, 0.717) is 35.4 Å². The van der Waals surface area contributed by atoms with E-state index >= 15 is 0 Å². The van der Waals surface area contributed by atoms with Gasteiger partial charge in [-0.25, -0.2) is 0 Å². The van der Waals surface area contributed by atoms with E-state index in [4.69, 9.17) is 17.3 Å². The van der Waals surface area contributed by atoms with Crippen molar-refractivity contribution in [2.24, 2.45) is 17.6 Å². The van der Waals surface area contributed by atoms with Gasteiger partial charge in [0.05, 0.1) is 6.42 Å². The normalized spacial score (nSPS) is 30.3. The number of carbonyl (C=O) groups is 1. The second kappa shape index (κ2) is 7.67. The number of benzene rings is 1. The molecule has 122 valence electrons. The molecule has 2 unspecified atom stereocenters. The van der Waals surface area contributed by atoms with Crippen molar-refractivity contribution in [3.05, 3.63) is 34.9 Å². The van der Waals surface area contributed by atoms with Crippen molar-refractivity contribution in [2.75, 3.05) is 0 Å². The molecule has 1 amide bonds. The van der Waals surface area contributed by atoms with Crippen molar-refractivity contribution >= 4 is 29.9 Å². The summed E-state index contributed by atoms with van der Waals surface area (Å²) in [4.78, 5) is 12.3. The van der Waals surface area contributed by atoms with Crippen LogP contribution < -0.4 is 11.1 Å². The molecule has 1 aromatic carbocycles. The number of hydrogen-bond donors (Lipinski definition) is 2. The van der Waals surface area contributed by atoms with Gasteiger partial charge in [0.15, 0.2) is 0 Å². The molecule has 0 spiro atoms. The van der Waals surface area contributed by atoms with Gasteiger partial charge in [-0.2, -0.15) is 0 Å². The molecule has 1 aromatic rings. The molecule has 2 saturated carbocycles. The van der Waals surface area contributed by atoms with Crippen molar-refractivity contribution in [2.45, 2.75) is 50.6 Å². The lowest BCUT2D eigenvalue weighted by atomic mass is 9.67. The largest absolute Gasteiger partial charge is 0.353 e. The summed E-state index contributed by atoms with van der Waals surface area (Å²) in [6, 6.07) is 8.17. The third-order valence-electron chi connectivity index (χ3n) is 4.96. The summed E-state index contributed by atoms with van der Waals surface area (Å²) in [5.74, 6) is 1.24. The summed E-state index contributed by atoms with van der Waals surface area (Å²) in [5.41, 5.74) is 7.10. The van der Waals surface area contributed by atoms with Gasteiger partial charge in [0.1, 0.15) is 0 Å². The zero-order valence-electron chi connectivity index (χ0n) is 12.6. The molecule has 22 heavy (non-hydrogen) atoms. The Bertz CT molecular complexity index is 509. The Morgan fingerprint density at radius 1 is 1.27 bits per heavy atom. The summed E-state index contributed by atoms with van der Waals surface area (Å²) >= 11 is 5.97. The zero-order valence-corrected chi connectivity index (χ0v) is 14.2. The number of amides is 1. The third kappa shape index (κ3) is 4.15. The van der Waals surface area contributed by atoms with Crippen LogP contribution in [0.2, 0.25) is 5.02 Å². The second-order valence-corrected chi connectivity index (χ2v) is 7.02. The number of fused-ring (bicyclic) bond motifs is 2. The van der Waals surface area contributed by atoms with Crippen LogP contribution in [0.3, 0.4) is 0 Å². The highest BCUT2D eigenvalue weighted by molar-refractivity contribution is 6.30. The van der Waals surface area contributed by atoms with Crippen LogP contribution in [0.5, 0.6) is 0 Å². The Morgan fingerprint density at radius 2 is 1.95 bits per heavy atom. The van der Waals surface area contributed by atoms with Crippen LogP contribution in [-0.4, -0.2) is 18.0 Å². The minimum atomic E-state index is 0. The highest BCUT2D eigenvalue weighted by Crippen LogP contribution is 2.39. The van der Waals surface area contributed by atoms with E-state index in [2.05, 4.69) is 5.32 Å². The molecule has 2 fully saturated rings. The number of hydrogen-bond acceptors (Lipinski definition) is 2. The summed E-state index contributed by atoms with van der Waals surface area (Å²) in [5, 5.41) is 3.95. The first-order chi connectivity index (χ1) is 10.1. The average molecular weight is 343 g/mol. The van der Waals surface area contributed by atoms with E-state index < -0.39 is 0 Å². The van der Waals surface area contributed by atoms with Gasteiger partial charge in [0, 0.05) is 17.1 Å². The Balaban J connectivity index is 0.00000176. The lowest BCUT2D eigenvalue weighted by Gasteiger charge is -2.45. The van der Waals surface area contributed by atoms with Crippen LogP contribution >= 0.6 is 24.0 Å². The fourth-order valence-electron chi connectivity index (χ4n) is 4.09. The van der Waals surface area contributed by atoms with Crippen molar-refractivity contribution in [3.63, 3.8) is 0 Å². The predicted octanol–water partition coefficient (Wildman–Crippen LogP) is 3.33. The fraction of sp³-hybridized carbons (Fsp3) is 0.588. The molecule has 3 N–H and O–H groups in total. The first-order valence-electron chi connectivity index (χ1n) is 7.91. The molecule has 0 radical (unpaired) electrons. The van der Waals surface area contributed by atoms with Gasteiger partial charge in [-0.3, -0.25) is 4.79 Å². The fourth-order valence-corrected chi connectivity index (χ4v) is 4.31. The van der Waals surface area contributed by atoms with Crippen LogP contribution in [0, 0.1) is 11.8 Å². The van der Waals surface area contributed by atoms with Crippen molar-refractivity contribution in [1.82, 2.24) is 5.32 Å². The summed E-state index contributed by atoms with van der Waals surface area (Å²) in [6.07, 6.45) is 6.20. The van der Waals surface area contributed by atoms with Gasteiger partial charge in [-0.15, -0.1) is 12.4 Å². The number of rotatable bonds is 3. The highest BCUT2D eigenvalue weighted by atomic mass is 35.5. The quantitative estimate of drug-likeness (QED) is 0.885. The molecule has 0 aromatic heterocycles. The summed E-state index contributed by atoms with van der Waals surface area (Å²) in [7, 11) is 0. The smallest absolute Gasteiger partial charge is 0.224 e. The zero-order chi connectivity index (χ0) is 14.8. The van der Waals surface area contributed by atoms with Gasteiger partial charge in [0.2, 0.25) is 5.91 Å². The molecule has 2 atom stereocenters. The highest BCUT2D eigenvalue weighted by Gasteiger charge is 2.39. The van der Waals surface area contributed by atoms with E-state index in [1.807, 2.05) is 24.3 Å². The van der Waals surface area contributed by atoms with Crippen LogP contribution in [-0.2, 0) is 11.2 Å². The average Bonchev–Trinajstić information content (AvgIpc) is 2.39. The van der Waals surface area contributed by atoms with E-state index in [1.165, 1.54) is 19.3 Å². The molecule has 5 heteroatoms.